The number of ether oxygens (including phenoxy) is 2. The van der Waals surface area contributed by atoms with Crippen molar-refractivity contribution in [2.24, 2.45) is 0 Å². The van der Waals surface area contributed by atoms with Crippen LogP contribution in [0.2, 0.25) is 18.1 Å². The molecule has 0 saturated carbocycles. The number of rotatable bonds is 15. The summed E-state index contributed by atoms with van der Waals surface area (Å²) in [7, 11) is -5.15. The van der Waals surface area contributed by atoms with Crippen LogP contribution in [0.4, 0.5) is 11.4 Å². The molecule has 0 aliphatic heterocycles. The Morgan fingerprint density at radius 1 is 0.761 bits per heavy atom. The van der Waals surface area contributed by atoms with Crippen molar-refractivity contribution in [1.29, 1.82) is 0 Å². The van der Waals surface area contributed by atoms with E-state index in [1.54, 1.807) is 6.07 Å². The molecule has 246 valence electrons. The molecule has 0 spiro atoms. The van der Waals surface area contributed by atoms with Gasteiger partial charge in [0.2, 0.25) is 10.0 Å². The van der Waals surface area contributed by atoms with E-state index < -0.39 is 18.3 Å². The van der Waals surface area contributed by atoms with E-state index in [4.69, 9.17) is 13.9 Å². The molecular weight excluding hydrogens is 613 g/mol. The van der Waals surface area contributed by atoms with Gasteiger partial charge >= 0.3 is 0 Å². The summed E-state index contributed by atoms with van der Waals surface area (Å²) < 4.78 is 45.0. The third-order valence-corrected chi connectivity index (χ3v) is 13.5. The van der Waals surface area contributed by atoms with Gasteiger partial charge in [0.05, 0.1) is 18.6 Å². The van der Waals surface area contributed by atoms with Gasteiger partial charge < -0.3 is 18.8 Å². The average molecular weight is 661 g/mol. The Morgan fingerprint density at radius 2 is 1.39 bits per heavy atom. The predicted molar refractivity (Wildman–Crippen MR) is 192 cm³/mol. The largest absolute Gasteiger partial charge is 0.493 e. The summed E-state index contributed by atoms with van der Waals surface area (Å²) in [5.74, 6) is 2.20. The van der Waals surface area contributed by atoms with Crippen molar-refractivity contribution in [3.63, 3.8) is 0 Å². The minimum atomic E-state index is -3.40. The highest BCUT2D eigenvalue weighted by molar-refractivity contribution is 7.92. The molecule has 1 N–H and O–H groups in total. The molecule has 0 atom stereocenters. The van der Waals surface area contributed by atoms with Gasteiger partial charge in [0, 0.05) is 37.9 Å². The molecular formula is C37H48N2O5SSi. The fraction of sp³-hybridized carbons (Fsp3) is 0.351. The Balaban J connectivity index is 1.40. The van der Waals surface area contributed by atoms with Crippen LogP contribution < -0.4 is 19.1 Å². The SMILES string of the molecule is Cc1c(NS(C)(=O)=O)cccc1N(Cc1ccccc1)Cc1ccc(Oc2cccc(OCCCO[Si](C)(C)C(C)(C)C)c2)cc1. The molecule has 46 heavy (non-hydrogen) atoms. The van der Waals surface area contributed by atoms with Gasteiger partial charge in [0.15, 0.2) is 8.32 Å². The first kappa shape index (κ1) is 35.1. The van der Waals surface area contributed by atoms with Crippen molar-refractivity contribution >= 4 is 29.7 Å². The van der Waals surface area contributed by atoms with Crippen LogP contribution in [0.1, 0.15) is 43.9 Å². The maximum atomic E-state index is 12.0. The summed E-state index contributed by atoms with van der Waals surface area (Å²) in [5, 5.41) is 0.198. The van der Waals surface area contributed by atoms with E-state index in [2.05, 4.69) is 67.8 Å². The summed E-state index contributed by atoms with van der Waals surface area (Å²) in [5.41, 5.74) is 4.66. The highest BCUT2D eigenvalue weighted by Crippen LogP contribution is 2.36. The Labute approximate surface area is 276 Å². The van der Waals surface area contributed by atoms with Gasteiger partial charge in [0.25, 0.3) is 0 Å². The van der Waals surface area contributed by atoms with Crippen molar-refractivity contribution in [3.05, 3.63) is 114 Å². The molecule has 4 aromatic carbocycles. The molecule has 0 aliphatic rings. The molecule has 4 rings (SSSR count). The van der Waals surface area contributed by atoms with E-state index in [0.29, 0.717) is 37.7 Å². The average Bonchev–Trinajstić information content (AvgIpc) is 2.98. The van der Waals surface area contributed by atoms with E-state index in [-0.39, 0.29) is 5.04 Å². The Kier molecular flexibility index (Phi) is 11.6. The molecule has 0 radical (unpaired) electrons. The van der Waals surface area contributed by atoms with Gasteiger partial charge in [-0.2, -0.15) is 0 Å². The maximum Gasteiger partial charge on any atom is 0.229 e. The van der Waals surface area contributed by atoms with Crippen LogP contribution in [0.15, 0.2) is 97.1 Å². The fourth-order valence-corrected chi connectivity index (χ4v) is 6.45. The second kappa shape index (κ2) is 15.2. The molecule has 0 unspecified atom stereocenters. The molecule has 0 aliphatic carbocycles. The zero-order valence-electron chi connectivity index (χ0n) is 28.2. The lowest BCUT2D eigenvalue weighted by atomic mass is 10.1. The minimum absolute atomic E-state index is 0.198. The lowest BCUT2D eigenvalue weighted by Crippen LogP contribution is -2.41. The van der Waals surface area contributed by atoms with E-state index in [1.165, 1.54) is 6.26 Å². The monoisotopic (exact) mass is 660 g/mol. The summed E-state index contributed by atoms with van der Waals surface area (Å²) in [4.78, 5) is 2.26. The smallest absolute Gasteiger partial charge is 0.229 e. The van der Waals surface area contributed by atoms with Gasteiger partial charge in [-0.1, -0.05) is 75.4 Å². The van der Waals surface area contributed by atoms with Crippen LogP contribution in [-0.2, 0) is 27.5 Å². The van der Waals surface area contributed by atoms with Crippen LogP contribution in [0.5, 0.6) is 17.2 Å². The van der Waals surface area contributed by atoms with Crippen LogP contribution in [0.25, 0.3) is 0 Å². The van der Waals surface area contributed by atoms with Gasteiger partial charge in [-0.05, 0) is 78.1 Å². The fourth-order valence-electron chi connectivity index (χ4n) is 4.75. The molecule has 0 bridgehead atoms. The summed E-state index contributed by atoms with van der Waals surface area (Å²) in [6.07, 6.45) is 2.00. The standard InChI is InChI=1S/C37H48N2O5SSi/c1-29-35(38-45(5,40)41)18-12-19-36(29)39(27-30-14-9-8-10-15-30)28-31-20-22-32(23-21-31)44-34-17-11-16-33(26-34)42-24-13-25-43-46(6,7)37(2,3)4/h8-12,14-23,26,38H,13,24-25,27-28H2,1-7H3. The van der Waals surface area contributed by atoms with E-state index >= 15 is 0 Å². The Bertz CT molecular complexity index is 1670. The van der Waals surface area contributed by atoms with Crippen molar-refractivity contribution in [1.82, 2.24) is 0 Å². The molecule has 9 heteroatoms. The summed E-state index contributed by atoms with van der Waals surface area (Å²) in [6.45, 7) is 15.8. The van der Waals surface area contributed by atoms with Crippen LogP contribution >= 0.6 is 0 Å². The Morgan fingerprint density at radius 3 is 2.04 bits per heavy atom. The second-order valence-corrected chi connectivity index (χ2v) is 19.8. The summed E-state index contributed by atoms with van der Waals surface area (Å²) in [6, 6.07) is 31.7. The van der Waals surface area contributed by atoms with Gasteiger partial charge in [-0.3, -0.25) is 4.72 Å². The highest BCUT2D eigenvalue weighted by atomic mass is 32.2. The predicted octanol–water partition coefficient (Wildman–Crippen LogP) is 9.16. The first-order valence-electron chi connectivity index (χ1n) is 15.7. The molecule has 0 aromatic heterocycles. The highest BCUT2D eigenvalue weighted by Gasteiger charge is 2.36. The number of sulfonamides is 1. The van der Waals surface area contributed by atoms with Crippen LogP contribution in [-0.4, -0.2) is 36.2 Å². The third kappa shape index (κ3) is 10.4. The molecule has 0 amide bonds. The topological polar surface area (TPSA) is 77.1 Å². The van der Waals surface area contributed by atoms with E-state index in [1.807, 2.05) is 73.7 Å². The molecule has 0 fully saturated rings. The lowest BCUT2D eigenvalue weighted by molar-refractivity contribution is 0.233. The third-order valence-electron chi connectivity index (χ3n) is 8.32. The van der Waals surface area contributed by atoms with Gasteiger partial charge in [0.1, 0.15) is 17.2 Å². The number of benzene rings is 4. The van der Waals surface area contributed by atoms with Crippen molar-refractivity contribution in [2.75, 3.05) is 29.1 Å². The van der Waals surface area contributed by atoms with E-state index in [0.717, 1.165) is 40.3 Å². The van der Waals surface area contributed by atoms with Crippen LogP contribution in [0, 0.1) is 6.92 Å². The van der Waals surface area contributed by atoms with Gasteiger partial charge in [-0.25, -0.2) is 8.42 Å². The van der Waals surface area contributed by atoms with Gasteiger partial charge in [-0.15, -0.1) is 0 Å². The number of anilines is 2. The molecule has 7 nitrogen and oxygen atoms in total. The minimum Gasteiger partial charge on any atom is -0.493 e. The van der Waals surface area contributed by atoms with E-state index in [9.17, 15) is 8.42 Å². The van der Waals surface area contributed by atoms with Crippen LogP contribution in [0.3, 0.4) is 0 Å². The van der Waals surface area contributed by atoms with Crippen molar-refractivity contribution in [3.8, 4) is 17.2 Å². The number of nitrogens with one attached hydrogen (secondary N) is 1. The Hall–Kier alpha value is -3.79. The second-order valence-electron chi connectivity index (χ2n) is 13.2. The number of nitrogens with zero attached hydrogens (tertiary/aromatic N) is 1. The number of hydrogen-bond donors (Lipinski definition) is 1. The van der Waals surface area contributed by atoms with Crippen molar-refractivity contribution in [2.45, 2.75) is 65.3 Å². The molecule has 0 saturated heterocycles. The lowest BCUT2D eigenvalue weighted by Gasteiger charge is -2.36. The summed E-state index contributed by atoms with van der Waals surface area (Å²) >= 11 is 0. The maximum absolute atomic E-state index is 12.0. The molecule has 0 heterocycles. The number of hydrogen-bond acceptors (Lipinski definition) is 6. The zero-order chi connectivity index (χ0) is 33.4. The first-order chi connectivity index (χ1) is 21.7. The normalized spacial score (nSPS) is 12.1. The molecule has 4 aromatic rings. The zero-order valence-corrected chi connectivity index (χ0v) is 30.0. The quantitative estimate of drug-likeness (QED) is 0.101. The first-order valence-corrected chi connectivity index (χ1v) is 20.5. The van der Waals surface area contributed by atoms with Crippen molar-refractivity contribution < 1.29 is 22.3 Å².